The Labute approximate surface area is 485 Å². The highest BCUT2D eigenvalue weighted by Gasteiger charge is 2.36. The van der Waals surface area contributed by atoms with E-state index in [4.69, 9.17) is 35.2 Å². The van der Waals surface area contributed by atoms with Crippen LogP contribution in [0.1, 0.15) is 89.2 Å². The average molecular weight is 1180 g/mol. The second kappa shape index (κ2) is 32.8. The Morgan fingerprint density at radius 2 is 1.59 bits per heavy atom. The standard InChI is InChI=1S/C55H80N14O11S2/c1-6-7-12-42-66-45-47(40-10-8-9-11-41(40)65-48(45)56)69(42)34-54(2,3)32-62-53(75)80-27-28-81-82-55(4,5)33-61-44(72)19-21-76-23-25-78-26-24-77-22-20-58-43(71)18-17-38(31-79-35-70)64-50(73)36-13-15-37(16-14-36)59-29-39-30-60-49-46(63-39)51(74)68-52(57)67-49/h8-11,13-16,30,38,42,59,66,70H,6-7,12,17-29,31-35H2,1-5H3,(H2,56,65)(H,58,71)(H,61,72)(H,62,75)(H,64,73)(H3,57,60,67,68,74). The number of carbonyl (C=O) groups excluding carboxylic acids is 4. The number of amides is 4. The third-order valence-electron chi connectivity index (χ3n) is 12.8. The number of para-hydroxylation sites is 1. The SMILES string of the molecule is CCCCC1Nc2c(N)nc3ccccc3c2N1CC(C)(C)CNC(=O)OCCSSC(C)(C)CNC(=O)CCOCCOCCOCCNC(=O)CCC(COCO)NC(=O)c1ccc(NCc2cnc3nc(N)[nH]c(=O)c3n2)cc1. The van der Waals surface area contributed by atoms with Crippen molar-refractivity contribution in [3.8, 4) is 0 Å². The number of nitrogens with one attached hydrogen (secondary N) is 7. The van der Waals surface area contributed by atoms with Crippen molar-refractivity contribution >= 4 is 96.3 Å². The average Bonchev–Trinajstić information content (AvgIpc) is 3.60. The van der Waals surface area contributed by atoms with Crippen LogP contribution in [0.25, 0.3) is 22.1 Å². The molecule has 2 unspecified atom stereocenters. The van der Waals surface area contributed by atoms with Gasteiger partial charge in [0.15, 0.2) is 11.2 Å². The molecule has 0 fully saturated rings. The maximum Gasteiger partial charge on any atom is 0.407 e. The number of anilines is 5. The van der Waals surface area contributed by atoms with Gasteiger partial charge in [-0.05, 0) is 68.9 Å². The Balaban J connectivity index is 0.735. The molecular weight excluding hydrogens is 1100 g/mol. The van der Waals surface area contributed by atoms with E-state index in [1.165, 1.54) is 6.20 Å². The fourth-order valence-corrected chi connectivity index (χ4v) is 10.8. The molecule has 5 aromatic rings. The van der Waals surface area contributed by atoms with Crippen molar-refractivity contribution in [2.45, 2.75) is 96.6 Å². The van der Waals surface area contributed by atoms with E-state index in [1.807, 2.05) is 32.0 Å². The quantitative estimate of drug-likeness (QED) is 0.0143. The number of alkyl carbamates (subject to hydrolysis) is 1. The first-order valence-electron chi connectivity index (χ1n) is 27.5. The molecular formula is C55H80N14O11S2. The second-order valence-electron chi connectivity index (χ2n) is 20.8. The Morgan fingerprint density at radius 1 is 0.854 bits per heavy atom. The molecule has 4 amide bonds. The monoisotopic (exact) mass is 1180 g/mol. The van der Waals surface area contributed by atoms with Crippen LogP contribution in [0.5, 0.6) is 0 Å². The number of aliphatic hydroxyl groups excluding tert-OH is 1. The molecule has 12 N–H and O–H groups in total. The zero-order valence-electron chi connectivity index (χ0n) is 47.4. The zero-order chi connectivity index (χ0) is 58.9. The van der Waals surface area contributed by atoms with Crippen molar-refractivity contribution in [3.05, 3.63) is 76.3 Å². The Hall–Kier alpha value is -6.75. The fraction of sp³-hybridized carbons (Fsp3) is 0.545. The molecule has 2 atom stereocenters. The van der Waals surface area contributed by atoms with Crippen LogP contribution in [0.4, 0.5) is 33.6 Å². The number of benzene rings is 2. The minimum Gasteiger partial charge on any atom is -0.449 e. The fourth-order valence-electron chi connectivity index (χ4n) is 8.56. The number of nitrogens with zero attached hydrogens (tertiary/aromatic N) is 5. The number of carbonyl (C=O) groups is 4. The van der Waals surface area contributed by atoms with E-state index in [-0.39, 0.29) is 110 Å². The first-order valence-corrected chi connectivity index (χ1v) is 29.8. The summed E-state index contributed by atoms with van der Waals surface area (Å²) in [5.41, 5.74) is 15.8. The largest absolute Gasteiger partial charge is 0.449 e. The number of fused-ring (bicyclic) bond motifs is 4. The molecule has 1 aliphatic heterocycles. The second-order valence-corrected chi connectivity index (χ2v) is 23.9. The molecule has 0 aliphatic carbocycles. The Bertz CT molecular complexity index is 2920. The van der Waals surface area contributed by atoms with Crippen LogP contribution in [-0.2, 0) is 39.8 Å². The lowest BCUT2D eigenvalue weighted by Crippen LogP contribution is -2.46. The molecule has 4 heterocycles. The van der Waals surface area contributed by atoms with Crippen molar-refractivity contribution in [2.75, 3.05) is 119 Å². The van der Waals surface area contributed by atoms with Crippen LogP contribution in [0.3, 0.4) is 0 Å². The molecule has 3 aromatic heterocycles. The number of hydrogen-bond acceptors (Lipinski definition) is 22. The lowest BCUT2D eigenvalue weighted by Gasteiger charge is -2.35. The molecule has 6 rings (SSSR count). The van der Waals surface area contributed by atoms with Crippen molar-refractivity contribution in [1.82, 2.24) is 46.2 Å². The first-order chi connectivity index (χ1) is 39.4. The van der Waals surface area contributed by atoms with E-state index in [9.17, 15) is 29.1 Å². The molecule has 0 spiro atoms. The van der Waals surface area contributed by atoms with Crippen molar-refractivity contribution in [2.24, 2.45) is 5.41 Å². The van der Waals surface area contributed by atoms with Crippen LogP contribution in [0.15, 0.2) is 59.5 Å². The van der Waals surface area contributed by atoms with Crippen LogP contribution < -0.4 is 53.8 Å². The summed E-state index contributed by atoms with van der Waals surface area (Å²) in [6.07, 6.45) is 4.76. The minimum absolute atomic E-state index is 0.00222. The van der Waals surface area contributed by atoms with Crippen LogP contribution in [-0.4, -0.2) is 162 Å². The number of H-pyrrole nitrogens is 1. The lowest BCUT2D eigenvalue weighted by atomic mass is 9.92. The topological polar surface area (TPSA) is 347 Å². The third-order valence-corrected chi connectivity index (χ3v) is 16.0. The minimum atomic E-state index is -0.549. The van der Waals surface area contributed by atoms with Gasteiger partial charge in [-0.2, -0.15) is 4.98 Å². The van der Waals surface area contributed by atoms with Gasteiger partial charge in [0.2, 0.25) is 17.8 Å². The van der Waals surface area contributed by atoms with Gasteiger partial charge in [-0.25, -0.2) is 19.7 Å². The maximum atomic E-state index is 13.1. The van der Waals surface area contributed by atoms with Gasteiger partial charge >= 0.3 is 6.09 Å². The predicted octanol–water partition coefficient (Wildman–Crippen LogP) is 4.92. The predicted molar refractivity (Wildman–Crippen MR) is 320 cm³/mol. The maximum absolute atomic E-state index is 13.1. The van der Waals surface area contributed by atoms with E-state index < -0.39 is 24.5 Å². The van der Waals surface area contributed by atoms with Crippen molar-refractivity contribution in [1.29, 1.82) is 0 Å². The number of pyridine rings is 1. The summed E-state index contributed by atoms with van der Waals surface area (Å²) < 4.78 is 27.1. The molecule has 0 saturated heterocycles. The van der Waals surface area contributed by atoms with Gasteiger partial charge in [-0.3, -0.25) is 24.2 Å². The smallest absolute Gasteiger partial charge is 0.407 e. The third kappa shape index (κ3) is 21.2. The molecule has 25 nitrogen and oxygen atoms in total. The van der Waals surface area contributed by atoms with Crippen molar-refractivity contribution < 1.29 is 48.0 Å². The summed E-state index contributed by atoms with van der Waals surface area (Å²) in [6.45, 7) is 14.1. The van der Waals surface area contributed by atoms with Crippen molar-refractivity contribution in [3.63, 3.8) is 0 Å². The summed E-state index contributed by atoms with van der Waals surface area (Å²) in [7, 11) is 3.20. The normalized spacial score (nSPS) is 13.6. The molecule has 2 aromatic carbocycles. The molecule has 27 heteroatoms. The number of aromatic amines is 1. The van der Waals surface area contributed by atoms with E-state index in [2.05, 4.69) is 88.6 Å². The van der Waals surface area contributed by atoms with Gasteiger partial charge in [0.25, 0.3) is 11.5 Å². The molecule has 0 saturated carbocycles. The number of aliphatic hydroxyl groups is 1. The Kier molecular flexibility index (Phi) is 25.7. The molecule has 1 aliphatic rings. The van der Waals surface area contributed by atoms with Crippen LogP contribution in [0.2, 0.25) is 0 Å². The van der Waals surface area contributed by atoms with Crippen LogP contribution >= 0.6 is 21.6 Å². The van der Waals surface area contributed by atoms with Gasteiger partial charge in [0, 0.05) is 66.2 Å². The highest BCUT2D eigenvalue weighted by Crippen LogP contribution is 2.45. The first kappa shape index (κ1) is 64.4. The number of ether oxygens (including phenoxy) is 5. The Morgan fingerprint density at radius 3 is 2.34 bits per heavy atom. The number of hydrogen-bond donors (Lipinski definition) is 10. The summed E-state index contributed by atoms with van der Waals surface area (Å²) in [5.74, 6) is 0.290. The van der Waals surface area contributed by atoms with E-state index in [0.29, 0.717) is 74.6 Å². The van der Waals surface area contributed by atoms with Gasteiger partial charge in [-0.1, -0.05) is 67.0 Å². The molecule has 0 radical (unpaired) electrons. The highest BCUT2D eigenvalue weighted by atomic mass is 33.1. The number of nitrogens with two attached hydrogens (primary N) is 2. The lowest BCUT2D eigenvalue weighted by molar-refractivity contribution is -0.123. The highest BCUT2D eigenvalue weighted by molar-refractivity contribution is 8.77. The van der Waals surface area contributed by atoms with Gasteiger partial charge in [0.1, 0.15) is 24.9 Å². The van der Waals surface area contributed by atoms with Gasteiger partial charge in [0.05, 0.1) is 88.1 Å². The summed E-state index contributed by atoms with van der Waals surface area (Å²) in [4.78, 5) is 84.9. The van der Waals surface area contributed by atoms with Gasteiger partial charge in [-0.15, -0.1) is 0 Å². The zero-order valence-corrected chi connectivity index (χ0v) is 49.1. The number of aromatic nitrogens is 5. The number of unbranched alkanes of at least 4 members (excludes halogenated alkanes) is 1. The van der Waals surface area contributed by atoms with Crippen LogP contribution in [0, 0.1) is 5.41 Å². The molecule has 448 valence electrons. The molecule has 0 bridgehead atoms. The summed E-state index contributed by atoms with van der Waals surface area (Å²) in [6, 6.07) is 14.2. The number of rotatable bonds is 37. The van der Waals surface area contributed by atoms with E-state index in [1.54, 1.807) is 45.9 Å². The van der Waals surface area contributed by atoms with Gasteiger partial charge < -0.3 is 77.1 Å². The molecule has 82 heavy (non-hydrogen) atoms. The van der Waals surface area contributed by atoms with E-state index in [0.717, 1.165) is 41.5 Å². The summed E-state index contributed by atoms with van der Waals surface area (Å²) in [5, 5.41) is 28.7. The summed E-state index contributed by atoms with van der Waals surface area (Å²) >= 11 is 0. The van der Waals surface area contributed by atoms with E-state index >= 15 is 0 Å². The number of nitrogen functional groups attached to an aromatic ring is 2.